The third-order valence-corrected chi connectivity index (χ3v) is 4.96. The van der Waals surface area contributed by atoms with Crippen LogP contribution in [0, 0.1) is 0 Å². The summed E-state index contributed by atoms with van der Waals surface area (Å²) >= 11 is 3.38. The number of nitrogens with one attached hydrogen (secondary N) is 1. The topological polar surface area (TPSA) is 84.7 Å². The molecule has 0 unspecified atom stereocenters. The number of ether oxygens (including phenoxy) is 1. The molecular weight excluding hydrogens is 426 g/mol. The largest absolute Gasteiger partial charge is 0.479 e. The molecule has 0 aliphatic carbocycles. The summed E-state index contributed by atoms with van der Waals surface area (Å²) in [5, 5.41) is 6.61. The molecule has 3 aromatic rings. The molecule has 2 heterocycles. The maximum Gasteiger partial charge on any atom is 0.277 e. The predicted octanol–water partition coefficient (Wildman–Crippen LogP) is 4.10. The van der Waals surface area contributed by atoms with Crippen LogP contribution in [0.15, 0.2) is 57.5 Å². The van der Waals surface area contributed by atoms with Gasteiger partial charge >= 0.3 is 0 Å². The van der Waals surface area contributed by atoms with Crippen LogP contribution in [0.1, 0.15) is 17.4 Å². The van der Waals surface area contributed by atoms with Crippen molar-refractivity contribution in [1.29, 1.82) is 0 Å². The fourth-order valence-electron chi connectivity index (χ4n) is 2.92. The molecule has 0 radical (unpaired) electrons. The average Bonchev–Trinajstić information content (AvgIpc) is 3.18. The van der Waals surface area contributed by atoms with E-state index in [1.165, 1.54) is 4.90 Å². The van der Waals surface area contributed by atoms with Gasteiger partial charge in [-0.1, -0.05) is 33.2 Å². The molecule has 1 N–H and O–H groups in total. The van der Waals surface area contributed by atoms with Crippen LogP contribution in [0.4, 0.5) is 11.4 Å². The summed E-state index contributed by atoms with van der Waals surface area (Å²) in [5.41, 5.74) is 2.09. The molecule has 4 rings (SSSR count). The first-order valence-electron chi connectivity index (χ1n) is 8.54. The molecule has 2 aromatic carbocycles. The van der Waals surface area contributed by atoms with E-state index in [4.69, 9.17) is 9.26 Å². The number of amides is 2. The number of hydrogen-bond acceptors (Lipinski definition) is 5. The molecule has 0 saturated heterocycles. The highest BCUT2D eigenvalue weighted by Crippen LogP contribution is 2.35. The number of rotatable bonds is 3. The SMILES string of the molecule is C[C@@H]1Oc2ccc(NC(=O)c3cc(-c4ccc(Br)cc4)on3)cc2N(C)C1=O. The number of carbonyl (C=O) groups excluding carboxylic acids is 2. The zero-order chi connectivity index (χ0) is 19.8. The van der Waals surface area contributed by atoms with E-state index in [0.717, 1.165) is 10.0 Å². The maximum absolute atomic E-state index is 12.5. The Morgan fingerprint density at radius 3 is 2.68 bits per heavy atom. The van der Waals surface area contributed by atoms with Crippen molar-refractivity contribution >= 4 is 39.1 Å². The Morgan fingerprint density at radius 1 is 1.18 bits per heavy atom. The summed E-state index contributed by atoms with van der Waals surface area (Å²) in [6.07, 6.45) is -0.537. The van der Waals surface area contributed by atoms with Gasteiger partial charge in [0.15, 0.2) is 17.6 Å². The van der Waals surface area contributed by atoms with Gasteiger partial charge in [-0.05, 0) is 37.3 Å². The van der Waals surface area contributed by atoms with Crippen molar-refractivity contribution in [2.45, 2.75) is 13.0 Å². The maximum atomic E-state index is 12.5. The second kappa shape index (κ2) is 7.12. The van der Waals surface area contributed by atoms with Gasteiger partial charge in [0.2, 0.25) is 0 Å². The first kappa shape index (κ1) is 18.2. The summed E-state index contributed by atoms with van der Waals surface area (Å²) in [5.74, 6) is 0.528. The van der Waals surface area contributed by atoms with E-state index in [-0.39, 0.29) is 11.6 Å². The van der Waals surface area contributed by atoms with Gasteiger partial charge in [0.25, 0.3) is 11.8 Å². The van der Waals surface area contributed by atoms with Gasteiger partial charge in [-0.25, -0.2) is 0 Å². The number of hydrogen-bond donors (Lipinski definition) is 1. The lowest BCUT2D eigenvalue weighted by Gasteiger charge is -2.30. The van der Waals surface area contributed by atoms with Crippen LogP contribution in [-0.4, -0.2) is 30.1 Å². The minimum absolute atomic E-state index is 0.147. The minimum atomic E-state index is -0.537. The molecular formula is C20H16BrN3O4. The first-order valence-corrected chi connectivity index (χ1v) is 9.34. The van der Waals surface area contributed by atoms with Gasteiger partial charge in [0.1, 0.15) is 5.75 Å². The lowest BCUT2D eigenvalue weighted by atomic mass is 10.1. The molecule has 1 aliphatic heterocycles. The second-order valence-corrected chi connectivity index (χ2v) is 7.29. The Labute approximate surface area is 169 Å². The molecule has 142 valence electrons. The van der Waals surface area contributed by atoms with E-state index in [0.29, 0.717) is 22.9 Å². The normalized spacial score (nSPS) is 15.8. The van der Waals surface area contributed by atoms with E-state index in [1.54, 1.807) is 38.2 Å². The number of aromatic nitrogens is 1. The van der Waals surface area contributed by atoms with Crippen LogP contribution in [0.3, 0.4) is 0 Å². The van der Waals surface area contributed by atoms with E-state index >= 15 is 0 Å². The van der Waals surface area contributed by atoms with Crippen molar-refractivity contribution in [1.82, 2.24) is 5.16 Å². The van der Waals surface area contributed by atoms with Crippen molar-refractivity contribution in [2.75, 3.05) is 17.3 Å². The lowest BCUT2D eigenvalue weighted by molar-refractivity contribution is -0.125. The van der Waals surface area contributed by atoms with Crippen molar-refractivity contribution in [2.24, 2.45) is 0 Å². The van der Waals surface area contributed by atoms with E-state index in [9.17, 15) is 9.59 Å². The average molecular weight is 442 g/mol. The van der Waals surface area contributed by atoms with Crippen LogP contribution in [0.2, 0.25) is 0 Å². The summed E-state index contributed by atoms with van der Waals surface area (Å²) in [6, 6.07) is 14.2. The number of likely N-dealkylation sites (N-methyl/N-ethyl adjacent to an activating group) is 1. The predicted molar refractivity (Wildman–Crippen MR) is 108 cm³/mol. The highest BCUT2D eigenvalue weighted by atomic mass is 79.9. The number of nitrogens with zero attached hydrogens (tertiary/aromatic N) is 2. The van der Waals surface area contributed by atoms with Crippen molar-refractivity contribution in [3.63, 3.8) is 0 Å². The quantitative estimate of drug-likeness (QED) is 0.661. The van der Waals surface area contributed by atoms with Crippen molar-refractivity contribution in [3.05, 3.63) is 58.7 Å². The Kier molecular flexibility index (Phi) is 4.64. The Morgan fingerprint density at radius 2 is 1.93 bits per heavy atom. The third kappa shape index (κ3) is 3.38. The molecule has 7 nitrogen and oxygen atoms in total. The van der Waals surface area contributed by atoms with Crippen molar-refractivity contribution < 1.29 is 18.8 Å². The zero-order valence-corrected chi connectivity index (χ0v) is 16.7. The second-order valence-electron chi connectivity index (χ2n) is 6.38. The van der Waals surface area contributed by atoms with Crippen LogP contribution in [0.5, 0.6) is 5.75 Å². The molecule has 8 heteroatoms. The molecule has 0 spiro atoms. The van der Waals surface area contributed by atoms with Crippen molar-refractivity contribution in [3.8, 4) is 17.1 Å². The van der Waals surface area contributed by atoms with Gasteiger partial charge in [0, 0.05) is 28.8 Å². The van der Waals surface area contributed by atoms with Crippen LogP contribution < -0.4 is 15.0 Å². The van der Waals surface area contributed by atoms with E-state index < -0.39 is 12.0 Å². The number of halogens is 1. The fraction of sp³-hybridized carbons (Fsp3) is 0.150. The van der Waals surface area contributed by atoms with Gasteiger partial charge in [-0.15, -0.1) is 0 Å². The zero-order valence-electron chi connectivity index (χ0n) is 15.1. The van der Waals surface area contributed by atoms with Crippen LogP contribution >= 0.6 is 15.9 Å². The highest BCUT2D eigenvalue weighted by Gasteiger charge is 2.29. The molecule has 2 amide bonds. The number of anilines is 2. The number of fused-ring (bicyclic) bond motifs is 1. The molecule has 0 saturated carbocycles. The monoisotopic (exact) mass is 441 g/mol. The standard InChI is InChI=1S/C20H16BrN3O4/c1-11-20(26)24(2)16-9-14(7-8-17(16)27-11)22-19(25)15-10-18(28-23-15)12-3-5-13(21)6-4-12/h3-11H,1-2H3,(H,22,25)/t11-/m0/s1. The molecule has 1 atom stereocenters. The number of benzene rings is 2. The van der Waals surface area contributed by atoms with Gasteiger partial charge < -0.3 is 19.5 Å². The van der Waals surface area contributed by atoms with Crippen LogP contribution in [0.25, 0.3) is 11.3 Å². The van der Waals surface area contributed by atoms with Gasteiger partial charge in [0.05, 0.1) is 5.69 Å². The van der Waals surface area contributed by atoms with Gasteiger partial charge in [-0.3, -0.25) is 9.59 Å². The summed E-state index contributed by atoms with van der Waals surface area (Å²) < 4.78 is 11.8. The Bertz CT molecular complexity index is 1060. The first-order chi connectivity index (χ1) is 13.4. The molecule has 28 heavy (non-hydrogen) atoms. The molecule has 1 aliphatic rings. The number of carbonyl (C=O) groups is 2. The summed E-state index contributed by atoms with van der Waals surface area (Å²) in [7, 11) is 1.67. The van der Waals surface area contributed by atoms with Gasteiger partial charge in [-0.2, -0.15) is 0 Å². The lowest BCUT2D eigenvalue weighted by Crippen LogP contribution is -2.41. The summed E-state index contributed by atoms with van der Waals surface area (Å²) in [6.45, 7) is 1.70. The van der Waals surface area contributed by atoms with Crippen LogP contribution in [-0.2, 0) is 4.79 Å². The molecule has 0 bridgehead atoms. The fourth-order valence-corrected chi connectivity index (χ4v) is 3.18. The summed E-state index contributed by atoms with van der Waals surface area (Å²) in [4.78, 5) is 26.1. The Hall–Kier alpha value is -3.13. The highest BCUT2D eigenvalue weighted by molar-refractivity contribution is 9.10. The molecule has 0 fully saturated rings. The third-order valence-electron chi connectivity index (χ3n) is 4.43. The Balaban J connectivity index is 1.53. The van der Waals surface area contributed by atoms with E-state index in [1.807, 2.05) is 24.3 Å². The smallest absolute Gasteiger partial charge is 0.277 e. The molecule has 1 aromatic heterocycles. The van der Waals surface area contributed by atoms with E-state index in [2.05, 4.69) is 26.4 Å². The minimum Gasteiger partial charge on any atom is -0.479 e.